The van der Waals surface area contributed by atoms with E-state index in [4.69, 9.17) is 16.3 Å². The van der Waals surface area contributed by atoms with Gasteiger partial charge in [0, 0.05) is 18.2 Å². The van der Waals surface area contributed by atoms with Gasteiger partial charge in [-0.1, -0.05) is 41.9 Å². The molecule has 0 spiro atoms. The zero-order valence-electron chi connectivity index (χ0n) is 15.6. The summed E-state index contributed by atoms with van der Waals surface area (Å²) in [4.78, 5) is 16.9. The number of nitrogens with one attached hydrogen (secondary N) is 1. The van der Waals surface area contributed by atoms with Crippen LogP contribution in [0.5, 0.6) is 0 Å². The van der Waals surface area contributed by atoms with Gasteiger partial charge < -0.3 is 15.2 Å². The van der Waals surface area contributed by atoms with Gasteiger partial charge in [0.25, 0.3) is 5.91 Å². The first-order valence-corrected chi connectivity index (χ1v) is 9.78. The van der Waals surface area contributed by atoms with Crippen LogP contribution in [0.25, 0.3) is 10.8 Å². The number of carbonyl (C=O) groups excluding carboxylic acids is 1. The maximum Gasteiger partial charge on any atom is 0.254 e. The van der Waals surface area contributed by atoms with Crippen LogP contribution in [0.1, 0.15) is 27.9 Å². The number of hydrogen-bond acceptors (Lipinski definition) is 4. The van der Waals surface area contributed by atoms with Gasteiger partial charge in [-0.2, -0.15) is 0 Å². The summed E-state index contributed by atoms with van der Waals surface area (Å²) < 4.78 is 20.3. The molecule has 150 valence electrons. The average Bonchev–Trinajstić information content (AvgIpc) is 2.73. The van der Waals surface area contributed by atoms with Gasteiger partial charge in [0.15, 0.2) is 0 Å². The van der Waals surface area contributed by atoms with E-state index in [1.165, 1.54) is 0 Å². The SMILES string of the molecule is O=C(N[C@@H]1CCOC[C@H]1O)c1cc(Cc2ccc(Cl)nc2)c2ccccc2c1F. The summed E-state index contributed by atoms with van der Waals surface area (Å²) in [5.74, 6) is -1.12. The third-order valence-corrected chi connectivity index (χ3v) is 5.36. The van der Waals surface area contributed by atoms with Crippen molar-refractivity contribution in [2.75, 3.05) is 13.2 Å². The van der Waals surface area contributed by atoms with Crippen molar-refractivity contribution >= 4 is 28.3 Å². The van der Waals surface area contributed by atoms with Crippen molar-refractivity contribution in [3.05, 3.63) is 76.3 Å². The second-order valence-corrected chi connectivity index (χ2v) is 7.51. The van der Waals surface area contributed by atoms with Gasteiger partial charge in [0.05, 0.1) is 24.3 Å². The number of halogens is 2. The minimum absolute atomic E-state index is 0.0423. The van der Waals surface area contributed by atoms with E-state index in [2.05, 4.69) is 10.3 Å². The molecule has 4 rings (SSSR count). The molecule has 0 radical (unpaired) electrons. The predicted molar refractivity (Wildman–Crippen MR) is 109 cm³/mol. The molecule has 1 saturated heterocycles. The Balaban J connectivity index is 1.71. The first kappa shape index (κ1) is 19.8. The summed E-state index contributed by atoms with van der Waals surface area (Å²) in [5, 5.41) is 14.3. The Morgan fingerprint density at radius 2 is 2.07 bits per heavy atom. The number of pyridine rings is 1. The van der Waals surface area contributed by atoms with Crippen molar-refractivity contribution in [3.8, 4) is 0 Å². The van der Waals surface area contributed by atoms with E-state index >= 15 is 4.39 Å². The van der Waals surface area contributed by atoms with E-state index in [1.807, 2.05) is 18.2 Å². The molecule has 1 aliphatic rings. The summed E-state index contributed by atoms with van der Waals surface area (Å²) >= 11 is 5.86. The number of aliphatic hydroxyl groups excluding tert-OH is 1. The lowest BCUT2D eigenvalue weighted by Gasteiger charge is -2.28. The molecular formula is C22H20ClFN2O3. The number of hydrogen-bond donors (Lipinski definition) is 2. The van der Waals surface area contributed by atoms with Crippen molar-refractivity contribution in [1.29, 1.82) is 0 Å². The highest BCUT2D eigenvalue weighted by molar-refractivity contribution is 6.29. The molecule has 1 aliphatic heterocycles. The van der Waals surface area contributed by atoms with Crippen LogP contribution < -0.4 is 5.32 Å². The number of rotatable bonds is 4. The van der Waals surface area contributed by atoms with E-state index < -0.39 is 23.9 Å². The van der Waals surface area contributed by atoms with Crippen LogP contribution in [0.2, 0.25) is 5.15 Å². The molecule has 29 heavy (non-hydrogen) atoms. The maximum absolute atomic E-state index is 15.2. The van der Waals surface area contributed by atoms with Gasteiger partial charge in [-0.15, -0.1) is 0 Å². The molecule has 2 heterocycles. The largest absolute Gasteiger partial charge is 0.389 e. The van der Waals surface area contributed by atoms with Gasteiger partial charge in [-0.05, 0) is 41.5 Å². The second-order valence-electron chi connectivity index (χ2n) is 7.12. The Hall–Kier alpha value is -2.54. The molecule has 7 heteroatoms. The smallest absolute Gasteiger partial charge is 0.254 e. The van der Waals surface area contributed by atoms with Gasteiger partial charge in [0.2, 0.25) is 0 Å². The predicted octanol–water partition coefficient (Wildman–Crippen LogP) is 3.50. The average molecular weight is 415 g/mol. The fourth-order valence-corrected chi connectivity index (χ4v) is 3.71. The summed E-state index contributed by atoms with van der Waals surface area (Å²) in [6, 6.07) is 11.7. The molecule has 2 atom stereocenters. The monoisotopic (exact) mass is 414 g/mol. The molecule has 1 aromatic heterocycles. The van der Waals surface area contributed by atoms with Crippen LogP contribution in [-0.2, 0) is 11.2 Å². The Kier molecular flexibility index (Phi) is 5.76. The van der Waals surface area contributed by atoms with Crippen molar-refractivity contribution in [1.82, 2.24) is 10.3 Å². The number of benzene rings is 2. The van der Waals surface area contributed by atoms with E-state index in [-0.39, 0.29) is 12.2 Å². The summed E-state index contributed by atoms with van der Waals surface area (Å²) in [7, 11) is 0. The minimum Gasteiger partial charge on any atom is -0.389 e. The summed E-state index contributed by atoms with van der Waals surface area (Å²) in [5.41, 5.74) is 1.67. The first-order valence-electron chi connectivity index (χ1n) is 9.40. The van der Waals surface area contributed by atoms with Gasteiger partial charge in [-0.3, -0.25) is 4.79 Å². The number of aliphatic hydroxyl groups is 1. The first-order chi connectivity index (χ1) is 14.0. The quantitative estimate of drug-likeness (QED) is 0.641. The lowest BCUT2D eigenvalue weighted by atomic mass is 9.95. The zero-order chi connectivity index (χ0) is 20.4. The highest BCUT2D eigenvalue weighted by Gasteiger charge is 2.27. The van der Waals surface area contributed by atoms with Crippen molar-refractivity contribution in [2.45, 2.75) is 25.0 Å². The van der Waals surface area contributed by atoms with Crippen LogP contribution in [-0.4, -0.2) is 41.4 Å². The zero-order valence-corrected chi connectivity index (χ0v) is 16.3. The van der Waals surface area contributed by atoms with E-state index in [0.717, 1.165) is 16.5 Å². The van der Waals surface area contributed by atoms with Gasteiger partial charge in [-0.25, -0.2) is 9.37 Å². The maximum atomic E-state index is 15.2. The molecule has 5 nitrogen and oxygen atoms in total. The van der Waals surface area contributed by atoms with Crippen LogP contribution in [0.4, 0.5) is 4.39 Å². The molecule has 3 aromatic rings. The molecule has 1 amide bonds. The Morgan fingerprint density at radius 3 is 2.79 bits per heavy atom. The lowest BCUT2D eigenvalue weighted by molar-refractivity contribution is -0.0261. The molecule has 0 saturated carbocycles. The number of fused-ring (bicyclic) bond motifs is 1. The van der Waals surface area contributed by atoms with Crippen LogP contribution in [0.3, 0.4) is 0 Å². The fraction of sp³-hybridized carbons (Fsp3) is 0.273. The topological polar surface area (TPSA) is 71.5 Å². The molecule has 0 unspecified atom stereocenters. The molecule has 0 aliphatic carbocycles. The number of carbonyl (C=O) groups is 1. The normalized spacial score (nSPS) is 19.3. The third-order valence-electron chi connectivity index (χ3n) is 5.14. The number of aromatic nitrogens is 1. The molecule has 2 aromatic carbocycles. The highest BCUT2D eigenvalue weighted by atomic mass is 35.5. The molecule has 0 bridgehead atoms. The number of amides is 1. The summed E-state index contributed by atoms with van der Waals surface area (Å²) in [6.45, 7) is 0.594. The molecule has 2 N–H and O–H groups in total. The lowest BCUT2D eigenvalue weighted by Crippen LogP contribution is -2.48. The number of ether oxygens (including phenoxy) is 1. The van der Waals surface area contributed by atoms with Crippen LogP contribution >= 0.6 is 11.6 Å². The Morgan fingerprint density at radius 1 is 1.28 bits per heavy atom. The highest BCUT2D eigenvalue weighted by Crippen LogP contribution is 2.27. The number of nitrogens with zero attached hydrogens (tertiary/aromatic N) is 1. The van der Waals surface area contributed by atoms with E-state index in [9.17, 15) is 9.90 Å². The van der Waals surface area contributed by atoms with Crippen LogP contribution in [0, 0.1) is 5.82 Å². The molecule has 1 fully saturated rings. The van der Waals surface area contributed by atoms with Crippen molar-refractivity contribution in [2.24, 2.45) is 0 Å². The van der Waals surface area contributed by atoms with Gasteiger partial charge >= 0.3 is 0 Å². The molecular weight excluding hydrogens is 395 g/mol. The van der Waals surface area contributed by atoms with Crippen LogP contribution in [0.15, 0.2) is 48.7 Å². The van der Waals surface area contributed by atoms with Crippen molar-refractivity contribution in [3.63, 3.8) is 0 Å². The fourth-order valence-electron chi connectivity index (χ4n) is 3.59. The third kappa shape index (κ3) is 4.24. The second kappa shape index (κ2) is 8.45. The Labute approximate surface area is 172 Å². The van der Waals surface area contributed by atoms with E-state index in [0.29, 0.717) is 30.0 Å². The Bertz CT molecular complexity index is 1040. The standard InChI is InChI=1S/C22H20ClFN2O3/c23-20-6-5-13(11-25-20)9-14-10-17(21(24)16-4-2-1-3-15(14)16)22(28)26-18-7-8-29-12-19(18)27/h1-6,10-11,18-19,27H,7-9,12H2,(H,26,28)/t18-,19-/m1/s1. The van der Waals surface area contributed by atoms with Crippen molar-refractivity contribution < 1.29 is 19.0 Å². The minimum atomic E-state index is -0.809. The van der Waals surface area contributed by atoms with Gasteiger partial charge in [0.1, 0.15) is 11.0 Å². The summed E-state index contributed by atoms with van der Waals surface area (Å²) in [6.07, 6.45) is 1.81. The van der Waals surface area contributed by atoms with E-state index in [1.54, 1.807) is 30.5 Å².